The first-order valence-electron chi connectivity index (χ1n) is 10.9. The second kappa shape index (κ2) is 10.7. The van der Waals surface area contributed by atoms with E-state index in [9.17, 15) is 18.0 Å². The third-order valence-electron chi connectivity index (χ3n) is 5.72. The number of piperazine rings is 1. The number of nitrogens with one attached hydrogen (secondary N) is 1. The highest BCUT2D eigenvalue weighted by Crippen LogP contribution is 2.37. The number of carbonyl (C=O) groups is 1. The number of benzene rings is 1. The monoisotopic (exact) mass is 492 g/mol. The zero-order valence-electron chi connectivity index (χ0n) is 18.8. The molecule has 0 saturated carbocycles. The van der Waals surface area contributed by atoms with Gasteiger partial charge in [-0.15, -0.1) is 0 Å². The minimum Gasteiger partial charge on any atom is -0.354 e. The summed E-state index contributed by atoms with van der Waals surface area (Å²) >= 11 is -0.121. The molecule has 34 heavy (non-hydrogen) atoms. The van der Waals surface area contributed by atoms with E-state index in [1.807, 2.05) is 23.4 Å². The molecule has 0 unspecified atom stereocenters. The van der Waals surface area contributed by atoms with Crippen LogP contribution >= 0.6 is 11.8 Å². The van der Waals surface area contributed by atoms with Crippen LogP contribution in [0.2, 0.25) is 0 Å². The summed E-state index contributed by atoms with van der Waals surface area (Å²) < 4.78 is 37.6. The number of halogens is 3. The number of thioether (sulfide) groups is 1. The van der Waals surface area contributed by atoms with Crippen molar-refractivity contribution >= 4 is 29.0 Å². The minimum atomic E-state index is -4.30. The lowest BCUT2D eigenvalue weighted by Crippen LogP contribution is -2.47. The number of anilines is 2. The summed E-state index contributed by atoms with van der Waals surface area (Å²) in [6, 6.07) is 8.18. The zero-order valence-corrected chi connectivity index (χ0v) is 19.6. The van der Waals surface area contributed by atoms with E-state index in [1.165, 1.54) is 12.1 Å². The Bertz CT molecular complexity index is 1010. The first kappa shape index (κ1) is 24.4. The molecule has 1 N–H and O–H groups in total. The average molecular weight is 493 g/mol. The molecule has 2 aliphatic rings. The van der Waals surface area contributed by atoms with Crippen molar-refractivity contribution in [2.75, 3.05) is 56.7 Å². The highest BCUT2D eigenvalue weighted by molar-refractivity contribution is 8.00. The zero-order chi connectivity index (χ0) is 24.1. The molecule has 0 spiro atoms. The van der Waals surface area contributed by atoms with Crippen molar-refractivity contribution in [3.8, 4) is 0 Å². The SMILES string of the molecule is CN1CCN(CC(=O)Nc2cnccc2CN2C=CN(c3ccc(SC(F)(F)F)cc3)C2)CC1. The number of hydrogen-bond donors (Lipinski definition) is 1. The van der Waals surface area contributed by atoms with Crippen molar-refractivity contribution in [3.05, 3.63) is 60.7 Å². The molecule has 11 heteroatoms. The summed E-state index contributed by atoms with van der Waals surface area (Å²) in [6.07, 6.45) is 7.17. The predicted octanol–water partition coefficient (Wildman–Crippen LogP) is 3.63. The Labute approximate surface area is 201 Å². The third kappa shape index (κ3) is 6.87. The van der Waals surface area contributed by atoms with Crippen LogP contribution in [0.25, 0.3) is 0 Å². The van der Waals surface area contributed by atoms with E-state index in [1.54, 1.807) is 24.5 Å². The smallest absolute Gasteiger partial charge is 0.354 e. The van der Waals surface area contributed by atoms with Gasteiger partial charge in [-0.05, 0) is 54.7 Å². The molecule has 2 aromatic rings. The molecule has 182 valence electrons. The van der Waals surface area contributed by atoms with Crippen LogP contribution in [0.4, 0.5) is 24.5 Å². The molecule has 1 fully saturated rings. The van der Waals surface area contributed by atoms with E-state index < -0.39 is 5.51 Å². The summed E-state index contributed by atoms with van der Waals surface area (Å²) in [7, 11) is 2.08. The number of pyridine rings is 1. The number of alkyl halides is 3. The number of nitrogens with zero attached hydrogens (tertiary/aromatic N) is 5. The van der Waals surface area contributed by atoms with Gasteiger partial charge in [0.25, 0.3) is 0 Å². The van der Waals surface area contributed by atoms with Gasteiger partial charge in [-0.25, -0.2) is 0 Å². The molecule has 1 saturated heterocycles. The number of likely N-dealkylation sites (N-methyl/N-ethyl adjacent to an activating group) is 1. The molecule has 0 radical (unpaired) electrons. The molecule has 1 aromatic heterocycles. The van der Waals surface area contributed by atoms with Crippen molar-refractivity contribution in [3.63, 3.8) is 0 Å². The normalized spacial score (nSPS) is 17.4. The number of carbonyl (C=O) groups excluding carboxylic acids is 1. The van der Waals surface area contributed by atoms with E-state index in [0.29, 0.717) is 25.4 Å². The molecule has 3 heterocycles. The summed E-state index contributed by atoms with van der Waals surface area (Å²) in [5.41, 5.74) is -1.87. The number of amides is 1. The standard InChI is InChI=1S/C23H27F3N6OS/c1-29-8-10-30(11-9-29)16-22(33)28-21-14-27-7-6-18(21)15-31-12-13-32(17-31)19-2-4-20(5-3-19)34-23(24,25)26/h2-7,12-14H,8-11,15-17H2,1H3,(H,28,33). The molecule has 4 rings (SSSR count). The number of aromatic nitrogens is 1. The Hall–Kier alpha value is -2.76. The maximum Gasteiger partial charge on any atom is 0.446 e. The second-order valence-electron chi connectivity index (χ2n) is 8.36. The van der Waals surface area contributed by atoms with E-state index in [4.69, 9.17) is 0 Å². The molecule has 0 atom stereocenters. The van der Waals surface area contributed by atoms with Crippen LogP contribution in [0.5, 0.6) is 0 Å². The van der Waals surface area contributed by atoms with Gasteiger partial charge < -0.3 is 20.0 Å². The quantitative estimate of drug-likeness (QED) is 0.593. The summed E-state index contributed by atoms with van der Waals surface area (Å²) in [5.74, 6) is -0.0609. The number of rotatable bonds is 7. The van der Waals surface area contributed by atoms with Gasteiger partial charge in [0.15, 0.2) is 0 Å². The minimum absolute atomic E-state index is 0.0609. The van der Waals surface area contributed by atoms with Crippen molar-refractivity contribution in [1.29, 1.82) is 0 Å². The Balaban J connectivity index is 1.32. The van der Waals surface area contributed by atoms with Crippen LogP contribution < -0.4 is 10.2 Å². The molecule has 0 aliphatic carbocycles. The van der Waals surface area contributed by atoms with Crippen molar-refractivity contribution in [1.82, 2.24) is 19.7 Å². The molecular weight excluding hydrogens is 465 g/mol. The lowest BCUT2D eigenvalue weighted by atomic mass is 10.2. The van der Waals surface area contributed by atoms with Crippen LogP contribution in [0.3, 0.4) is 0 Å². The number of hydrogen-bond acceptors (Lipinski definition) is 7. The fourth-order valence-electron chi connectivity index (χ4n) is 3.87. The van der Waals surface area contributed by atoms with E-state index in [-0.39, 0.29) is 22.6 Å². The van der Waals surface area contributed by atoms with Gasteiger partial charge in [0, 0.05) is 61.9 Å². The largest absolute Gasteiger partial charge is 0.446 e. The highest BCUT2D eigenvalue weighted by Gasteiger charge is 2.29. The molecule has 2 aliphatic heterocycles. The maximum absolute atomic E-state index is 12.6. The summed E-state index contributed by atoms with van der Waals surface area (Å²) in [6.45, 7) is 5.09. The lowest BCUT2D eigenvalue weighted by molar-refractivity contribution is -0.117. The van der Waals surface area contributed by atoms with Crippen LogP contribution in [0, 0.1) is 0 Å². The highest BCUT2D eigenvalue weighted by atomic mass is 32.2. The predicted molar refractivity (Wildman–Crippen MR) is 127 cm³/mol. The Morgan fingerprint density at radius 2 is 1.82 bits per heavy atom. The van der Waals surface area contributed by atoms with Gasteiger partial charge in [0.2, 0.25) is 5.91 Å². The molecule has 0 bridgehead atoms. The fourth-order valence-corrected chi connectivity index (χ4v) is 4.41. The van der Waals surface area contributed by atoms with Crippen molar-refractivity contribution in [2.24, 2.45) is 0 Å². The lowest BCUT2D eigenvalue weighted by Gasteiger charge is -2.31. The van der Waals surface area contributed by atoms with E-state index >= 15 is 0 Å². The first-order chi connectivity index (χ1) is 16.2. The third-order valence-corrected chi connectivity index (χ3v) is 6.45. The average Bonchev–Trinajstić information content (AvgIpc) is 3.25. The van der Waals surface area contributed by atoms with Crippen molar-refractivity contribution < 1.29 is 18.0 Å². The Kier molecular flexibility index (Phi) is 7.64. The molecule has 7 nitrogen and oxygen atoms in total. The Morgan fingerprint density at radius 1 is 1.09 bits per heavy atom. The summed E-state index contributed by atoms with van der Waals surface area (Å²) in [5, 5.41) is 3.00. The van der Waals surface area contributed by atoms with E-state index in [2.05, 4.69) is 32.0 Å². The molecule has 1 aromatic carbocycles. The van der Waals surface area contributed by atoms with Gasteiger partial charge in [-0.3, -0.25) is 14.7 Å². The van der Waals surface area contributed by atoms with Gasteiger partial charge in [0.1, 0.15) is 0 Å². The van der Waals surface area contributed by atoms with E-state index in [0.717, 1.165) is 37.4 Å². The fraction of sp³-hybridized carbons (Fsp3) is 0.391. The molecule has 1 amide bonds. The van der Waals surface area contributed by atoms with Crippen LogP contribution in [0.1, 0.15) is 5.56 Å². The Morgan fingerprint density at radius 3 is 2.53 bits per heavy atom. The van der Waals surface area contributed by atoms with Crippen molar-refractivity contribution in [2.45, 2.75) is 16.9 Å². The van der Waals surface area contributed by atoms with Crippen LogP contribution in [-0.2, 0) is 11.3 Å². The first-order valence-corrected chi connectivity index (χ1v) is 11.8. The van der Waals surface area contributed by atoms with Gasteiger partial charge in [-0.1, -0.05) is 0 Å². The maximum atomic E-state index is 12.6. The van der Waals surface area contributed by atoms with Crippen LogP contribution in [0.15, 0.2) is 60.0 Å². The van der Waals surface area contributed by atoms with Gasteiger partial charge in [-0.2, -0.15) is 13.2 Å². The topological polar surface area (TPSA) is 55.0 Å². The van der Waals surface area contributed by atoms with Crippen LogP contribution in [-0.4, -0.2) is 77.5 Å². The second-order valence-corrected chi connectivity index (χ2v) is 9.50. The van der Waals surface area contributed by atoms with Gasteiger partial charge in [0.05, 0.1) is 25.1 Å². The van der Waals surface area contributed by atoms with Gasteiger partial charge >= 0.3 is 5.51 Å². The molecular formula is C23H27F3N6OS. The summed E-state index contributed by atoms with van der Waals surface area (Å²) in [4.78, 5) is 25.3.